The summed E-state index contributed by atoms with van der Waals surface area (Å²) < 4.78 is 5.26. The molecule has 3 nitrogen and oxygen atoms in total. The number of allylic oxidation sites excluding steroid dienone is 2. The van der Waals surface area contributed by atoms with Crippen LogP contribution in [0.3, 0.4) is 0 Å². The predicted molar refractivity (Wildman–Crippen MR) is 69.8 cm³/mol. The van der Waals surface area contributed by atoms with Crippen molar-refractivity contribution in [2.24, 2.45) is 0 Å². The van der Waals surface area contributed by atoms with E-state index < -0.39 is 0 Å². The number of carbonyl (C=O) groups is 1. The Kier molecular flexibility index (Phi) is 6.63. The van der Waals surface area contributed by atoms with Crippen LogP contribution in [-0.2, 0) is 9.53 Å². The van der Waals surface area contributed by atoms with Crippen LogP contribution in [0, 0.1) is 0 Å². The van der Waals surface area contributed by atoms with Gasteiger partial charge in [0.2, 0.25) is 5.91 Å². The van der Waals surface area contributed by atoms with Crippen LogP contribution in [0.2, 0.25) is 0 Å². The van der Waals surface area contributed by atoms with Gasteiger partial charge in [0.1, 0.15) is 0 Å². The smallest absolute Gasteiger partial charge is 0.249 e. The van der Waals surface area contributed by atoms with Crippen molar-refractivity contribution < 1.29 is 9.53 Å². The molecule has 0 saturated carbocycles. The van der Waals surface area contributed by atoms with E-state index in [1.54, 1.807) is 0 Å². The molecule has 1 rings (SSSR count). The number of unbranched alkanes of at least 4 members (excludes halogenated alkanes) is 1. The molecule has 17 heavy (non-hydrogen) atoms. The fourth-order valence-corrected chi connectivity index (χ4v) is 1.84. The summed E-state index contributed by atoms with van der Waals surface area (Å²) in [6.07, 6.45) is 7.68. The van der Waals surface area contributed by atoms with Crippen LogP contribution in [0.5, 0.6) is 0 Å². The third kappa shape index (κ3) is 4.73. The maximum Gasteiger partial charge on any atom is 0.249 e. The summed E-state index contributed by atoms with van der Waals surface area (Å²) in [7, 11) is 0. The molecule has 1 aliphatic heterocycles. The highest BCUT2D eigenvalue weighted by Gasteiger charge is 2.19. The summed E-state index contributed by atoms with van der Waals surface area (Å²) in [4.78, 5) is 14.2. The van der Waals surface area contributed by atoms with E-state index in [0.29, 0.717) is 13.2 Å². The number of morpholine rings is 1. The minimum absolute atomic E-state index is 0.184. The molecule has 0 aliphatic carbocycles. The van der Waals surface area contributed by atoms with Gasteiger partial charge < -0.3 is 9.64 Å². The Morgan fingerprint density at radius 2 is 2.06 bits per heavy atom. The lowest BCUT2D eigenvalue weighted by molar-refractivity contribution is -0.131. The van der Waals surface area contributed by atoms with Crippen molar-refractivity contribution in [3.8, 4) is 0 Å². The van der Waals surface area contributed by atoms with Crippen molar-refractivity contribution in [1.82, 2.24) is 4.90 Å². The summed E-state index contributed by atoms with van der Waals surface area (Å²) in [6.45, 7) is 8.60. The van der Waals surface area contributed by atoms with Crippen molar-refractivity contribution >= 4 is 5.91 Å². The second-order valence-electron chi connectivity index (χ2n) is 4.25. The molecule has 0 radical (unpaired) electrons. The third-order valence-electron chi connectivity index (χ3n) is 2.87. The van der Waals surface area contributed by atoms with Crippen LogP contribution in [0.15, 0.2) is 24.3 Å². The van der Waals surface area contributed by atoms with Gasteiger partial charge in [-0.05, 0) is 19.3 Å². The second kappa shape index (κ2) is 8.07. The van der Waals surface area contributed by atoms with E-state index in [1.165, 1.54) is 0 Å². The van der Waals surface area contributed by atoms with Crippen molar-refractivity contribution in [3.05, 3.63) is 24.3 Å². The topological polar surface area (TPSA) is 29.5 Å². The van der Waals surface area contributed by atoms with Crippen LogP contribution >= 0.6 is 0 Å². The first-order valence-electron chi connectivity index (χ1n) is 6.46. The molecule has 1 amide bonds. The summed E-state index contributed by atoms with van der Waals surface area (Å²) in [6, 6.07) is 0. The quantitative estimate of drug-likeness (QED) is 0.525. The number of nitrogens with zero attached hydrogens (tertiary/aromatic N) is 1. The van der Waals surface area contributed by atoms with Crippen LogP contribution in [-0.4, -0.2) is 37.1 Å². The first kappa shape index (κ1) is 14.0. The van der Waals surface area contributed by atoms with Gasteiger partial charge in [0, 0.05) is 18.7 Å². The summed E-state index contributed by atoms with van der Waals surface area (Å²) in [5, 5.41) is 0. The third-order valence-corrected chi connectivity index (χ3v) is 2.87. The van der Waals surface area contributed by atoms with E-state index >= 15 is 0 Å². The highest BCUT2D eigenvalue weighted by molar-refractivity contribution is 5.93. The molecule has 1 heterocycles. The fourth-order valence-electron chi connectivity index (χ4n) is 1.84. The molecule has 0 aromatic rings. The first-order chi connectivity index (χ1) is 8.29. The van der Waals surface area contributed by atoms with Crippen molar-refractivity contribution in [1.29, 1.82) is 0 Å². The molecule has 0 atom stereocenters. The minimum Gasteiger partial charge on any atom is -0.378 e. The highest BCUT2D eigenvalue weighted by atomic mass is 16.5. The van der Waals surface area contributed by atoms with Crippen molar-refractivity contribution in [2.75, 3.05) is 26.3 Å². The average molecular weight is 237 g/mol. The zero-order chi connectivity index (χ0) is 12.5. The highest BCUT2D eigenvalue weighted by Crippen LogP contribution is 2.13. The number of rotatable bonds is 6. The van der Waals surface area contributed by atoms with Gasteiger partial charge in [0.15, 0.2) is 0 Å². The molecule has 3 heteroatoms. The number of carbonyl (C=O) groups excluding carboxylic acids is 1. The summed E-state index contributed by atoms with van der Waals surface area (Å²) in [5.41, 5.74) is 0.939. The second-order valence-corrected chi connectivity index (χ2v) is 4.25. The Morgan fingerprint density at radius 1 is 1.35 bits per heavy atom. The number of ether oxygens (including phenoxy) is 1. The molecule has 0 aromatic heterocycles. The maximum atomic E-state index is 12.3. The molecule has 0 unspecified atom stereocenters. The van der Waals surface area contributed by atoms with Gasteiger partial charge in [-0.2, -0.15) is 0 Å². The van der Waals surface area contributed by atoms with Gasteiger partial charge in [-0.15, -0.1) is 6.58 Å². The van der Waals surface area contributed by atoms with Crippen LogP contribution < -0.4 is 0 Å². The molecule has 96 valence electrons. The molecule has 1 saturated heterocycles. The summed E-state index contributed by atoms with van der Waals surface area (Å²) in [5.74, 6) is 0.184. The number of hydrogen-bond acceptors (Lipinski definition) is 2. The Bertz CT molecular complexity index is 278. The monoisotopic (exact) mass is 237 g/mol. The van der Waals surface area contributed by atoms with Gasteiger partial charge in [-0.25, -0.2) is 0 Å². The van der Waals surface area contributed by atoms with Gasteiger partial charge >= 0.3 is 0 Å². The van der Waals surface area contributed by atoms with E-state index in [1.807, 2.05) is 11.0 Å². The standard InChI is InChI=1S/C14H23NO2/c1-3-5-7-13(8-6-4-2)14(16)15-9-11-17-12-10-15/h3,8H,1,4-7,9-12H2,2H3/b13-8+. The molecule has 0 spiro atoms. The van der Waals surface area contributed by atoms with Gasteiger partial charge in [-0.1, -0.05) is 25.5 Å². The van der Waals surface area contributed by atoms with Gasteiger partial charge in [0.25, 0.3) is 0 Å². The van der Waals surface area contributed by atoms with Crippen molar-refractivity contribution in [3.63, 3.8) is 0 Å². The van der Waals surface area contributed by atoms with E-state index in [0.717, 1.165) is 44.3 Å². The SMILES string of the molecule is C=CCC/C(=C\CCC)C(=O)N1CCOCC1. The molecule has 1 aliphatic rings. The summed E-state index contributed by atoms with van der Waals surface area (Å²) >= 11 is 0. The van der Waals surface area contributed by atoms with Crippen LogP contribution in [0.4, 0.5) is 0 Å². The first-order valence-corrected chi connectivity index (χ1v) is 6.46. The number of amides is 1. The predicted octanol–water partition coefficient (Wildman–Crippen LogP) is 2.54. The Morgan fingerprint density at radius 3 is 2.65 bits per heavy atom. The largest absolute Gasteiger partial charge is 0.378 e. The average Bonchev–Trinajstić information content (AvgIpc) is 2.39. The number of hydrogen-bond donors (Lipinski definition) is 0. The molecule has 1 fully saturated rings. The lowest BCUT2D eigenvalue weighted by Gasteiger charge is -2.27. The van der Waals surface area contributed by atoms with Crippen LogP contribution in [0.25, 0.3) is 0 Å². The Hall–Kier alpha value is -1.09. The fraction of sp³-hybridized carbons (Fsp3) is 0.643. The van der Waals surface area contributed by atoms with Gasteiger partial charge in [0.05, 0.1) is 13.2 Å². The Balaban J connectivity index is 2.59. The lowest BCUT2D eigenvalue weighted by atomic mass is 10.1. The molecule has 0 N–H and O–H groups in total. The van der Waals surface area contributed by atoms with E-state index in [4.69, 9.17) is 4.74 Å². The zero-order valence-corrected chi connectivity index (χ0v) is 10.8. The van der Waals surface area contributed by atoms with E-state index in [2.05, 4.69) is 19.6 Å². The molecular weight excluding hydrogens is 214 g/mol. The minimum atomic E-state index is 0.184. The molecule has 0 aromatic carbocycles. The molecular formula is C14H23NO2. The maximum absolute atomic E-state index is 12.3. The zero-order valence-electron chi connectivity index (χ0n) is 10.8. The molecule has 0 bridgehead atoms. The van der Waals surface area contributed by atoms with Crippen molar-refractivity contribution in [2.45, 2.75) is 32.6 Å². The van der Waals surface area contributed by atoms with E-state index in [-0.39, 0.29) is 5.91 Å². The van der Waals surface area contributed by atoms with E-state index in [9.17, 15) is 4.79 Å². The normalized spacial score (nSPS) is 17.0. The lowest BCUT2D eigenvalue weighted by Crippen LogP contribution is -2.41. The van der Waals surface area contributed by atoms with Gasteiger partial charge in [-0.3, -0.25) is 4.79 Å². The van der Waals surface area contributed by atoms with Crippen LogP contribution in [0.1, 0.15) is 32.6 Å². The Labute approximate surface area is 104 Å².